The van der Waals surface area contributed by atoms with Gasteiger partial charge in [-0.25, -0.2) is 26.9 Å². The number of aromatic nitrogens is 2. The van der Waals surface area contributed by atoms with Crippen molar-refractivity contribution >= 4 is 10.0 Å². The molecule has 0 spiro atoms. The number of benzene rings is 1. The number of imidazole rings is 1. The fourth-order valence-electron chi connectivity index (χ4n) is 1.47. The Labute approximate surface area is 108 Å². The highest BCUT2D eigenvalue weighted by molar-refractivity contribution is 7.89. The van der Waals surface area contributed by atoms with Gasteiger partial charge in [-0.05, 0) is 18.2 Å². The van der Waals surface area contributed by atoms with Gasteiger partial charge in [0.05, 0.1) is 11.2 Å². The summed E-state index contributed by atoms with van der Waals surface area (Å²) in [6.07, 6.45) is 3.48. The molecule has 8 heteroatoms. The Balaban J connectivity index is 2.03. The molecular weight excluding hydrogens is 276 g/mol. The summed E-state index contributed by atoms with van der Waals surface area (Å²) in [5, 5.41) is 0. The molecule has 0 aliphatic rings. The van der Waals surface area contributed by atoms with Crippen LogP contribution in [-0.2, 0) is 16.4 Å². The standard InChI is InChI=1S/C11H11F2N3O2S/c12-10-2-1-9(5-11(10)13)19(17,18)16-4-3-8-6-14-7-15-8/h1-2,5-7,16H,3-4H2,(H,14,15). The zero-order valence-electron chi connectivity index (χ0n) is 9.73. The predicted molar refractivity (Wildman–Crippen MR) is 63.8 cm³/mol. The molecule has 1 aromatic carbocycles. The summed E-state index contributed by atoms with van der Waals surface area (Å²) in [7, 11) is -3.84. The van der Waals surface area contributed by atoms with E-state index < -0.39 is 21.7 Å². The van der Waals surface area contributed by atoms with Gasteiger partial charge in [0.2, 0.25) is 10.0 Å². The van der Waals surface area contributed by atoms with E-state index in [1.54, 1.807) is 6.20 Å². The van der Waals surface area contributed by atoms with Crippen molar-refractivity contribution in [3.8, 4) is 0 Å². The molecular formula is C11H11F2N3O2S. The molecule has 1 aromatic heterocycles. The number of aromatic amines is 1. The molecule has 102 valence electrons. The number of halogens is 2. The molecule has 0 saturated carbocycles. The largest absolute Gasteiger partial charge is 0.348 e. The molecule has 0 saturated heterocycles. The molecule has 0 fully saturated rings. The summed E-state index contributed by atoms with van der Waals surface area (Å²) >= 11 is 0. The van der Waals surface area contributed by atoms with Crippen molar-refractivity contribution in [3.63, 3.8) is 0 Å². The van der Waals surface area contributed by atoms with E-state index in [1.807, 2.05) is 0 Å². The van der Waals surface area contributed by atoms with Crippen LogP contribution in [0, 0.1) is 11.6 Å². The van der Waals surface area contributed by atoms with Crippen molar-refractivity contribution < 1.29 is 17.2 Å². The van der Waals surface area contributed by atoms with E-state index in [4.69, 9.17) is 0 Å². The molecule has 0 atom stereocenters. The Bertz CT molecular complexity index is 657. The molecule has 2 N–H and O–H groups in total. The first-order valence-corrected chi connectivity index (χ1v) is 6.89. The molecule has 0 amide bonds. The highest BCUT2D eigenvalue weighted by atomic mass is 32.2. The van der Waals surface area contributed by atoms with Crippen LogP contribution in [-0.4, -0.2) is 24.9 Å². The third kappa shape index (κ3) is 3.36. The molecule has 0 aliphatic heterocycles. The maximum atomic E-state index is 13.0. The van der Waals surface area contributed by atoms with E-state index in [0.29, 0.717) is 12.5 Å². The topological polar surface area (TPSA) is 74.8 Å². The van der Waals surface area contributed by atoms with Gasteiger partial charge in [0, 0.05) is 24.9 Å². The summed E-state index contributed by atoms with van der Waals surface area (Å²) in [6.45, 7) is 0.128. The van der Waals surface area contributed by atoms with Gasteiger partial charge >= 0.3 is 0 Å². The van der Waals surface area contributed by atoms with Gasteiger partial charge in [-0.15, -0.1) is 0 Å². The highest BCUT2D eigenvalue weighted by Crippen LogP contribution is 2.13. The molecule has 0 unspecified atom stereocenters. The summed E-state index contributed by atoms with van der Waals surface area (Å²) in [5.74, 6) is -2.28. The smallest absolute Gasteiger partial charge is 0.240 e. The molecule has 0 bridgehead atoms. The minimum Gasteiger partial charge on any atom is -0.348 e. The SMILES string of the molecule is O=S(=O)(NCCc1cnc[nH]1)c1ccc(F)c(F)c1. The van der Waals surface area contributed by atoms with E-state index in [2.05, 4.69) is 14.7 Å². The van der Waals surface area contributed by atoms with Crippen LogP contribution >= 0.6 is 0 Å². The van der Waals surface area contributed by atoms with E-state index in [-0.39, 0.29) is 11.4 Å². The number of hydrogen-bond acceptors (Lipinski definition) is 3. The first-order chi connectivity index (χ1) is 8.99. The Morgan fingerprint density at radius 2 is 2.05 bits per heavy atom. The predicted octanol–water partition coefficient (Wildman–Crippen LogP) is 1.21. The number of rotatable bonds is 5. The molecule has 0 aliphatic carbocycles. The fraction of sp³-hybridized carbons (Fsp3) is 0.182. The normalized spacial score (nSPS) is 11.7. The fourth-order valence-corrected chi connectivity index (χ4v) is 2.51. The zero-order chi connectivity index (χ0) is 13.9. The number of H-pyrrole nitrogens is 1. The van der Waals surface area contributed by atoms with Crippen LogP contribution < -0.4 is 4.72 Å². The van der Waals surface area contributed by atoms with Crippen LogP contribution in [0.1, 0.15) is 5.69 Å². The summed E-state index contributed by atoms with van der Waals surface area (Å²) < 4.78 is 51.6. The summed E-state index contributed by atoms with van der Waals surface area (Å²) in [4.78, 5) is 6.31. The van der Waals surface area contributed by atoms with Gasteiger partial charge in [-0.2, -0.15) is 0 Å². The van der Waals surface area contributed by atoms with Crippen molar-refractivity contribution in [1.82, 2.24) is 14.7 Å². The second-order valence-corrected chi connectivity index (χ2v) is 5.57. The van der Waals surface area contributed by atoms with Crippen LogP contribution in [0.4, 0.5) is 8.78 Å². The Kier molecular flexibility index (Phi) is 3.91. The lowest BCUT2D eigenvalue weighted by atomic mass is 10.3. The van der Waals surface area contributed by atoms with E-state index in [0.717, 1.165) is 17.8 Å². The number of nitrogens with one attached hydrogen (secondary N) is 2. The van der Waals surface area contributed by atoms with Gasteiger partial charge in [0.15, 0.2) is 11.6 Å². The third-order valence-electron chi connectivity index (χ3n) is 2.44. The zero-order valence-corrected chi connectivity index (χ0v) is 10.5. The van der Waals surface area contributed by atoms with Crippen molar-refractivity contribution in [1.29, 1.82) is 0 Å². The second kappa shape index (κ2) is 5.45. The number of sulfonamides is 1. The maximum absolute atomic E-state index is 13.0. The minimum absolute atomic E-state index is 0.128. The molecule has 0 radical (unpaired) electrons. The minimum atomic E-state index is -3.84. The third-order valence-corrected chi connectivity index (χ3v) is 3.90. The molecule has 19 heavy (non-hydrogen) atoms. The van der Waals surface area contributed by atoms with Gasteiger partial charge < -0.3 is 4.98 Å². The maximum Gasteiger partial charge on any atom is 0.240 e. The van der Waals surface area contributed by atoms with Gasteiger partial charge in [0.25, 0.3) is 0 Å². The Morgan fingerprint density at radius 3 is 2.68 bits per heavy atom. The summed E-state index contributed by atoms with van der Waals surface area (Å²) in [6, 6.07) is 2.43. The quantitative estimate of drug-likeness (QED) is 0.868. The monoisotopic (exact) mass is 287 g/mol. The molecule has 1 heterocycles. The lowest BCUT2D eigenvalue weighted by Gasteiger charge is -2.06. The van der Waals surface area contributed by atoms with Crippen molar-refractivity contribution in [3.05, 3.63) is 48.1 Å². The first kappa shape index (κ1) is 13.6. The summed E-state index contributed by atoms with van der Waals surface area (Å²) in [5.41, 5.74) is 0.771. The van der Waals surface area contributed by atoms with Crippen molar-refractivity contribution in [2.45, 2.75) is 11.3 Å². The van der Waals surface area contributed by atoms with Crippen molar-refractivity contribution in [2.75, 3.05) is 6.54 Å². The first-order valence-electron chi connectivity index (χ1n) is 5.41. The van der Waals surface area contributed by atoms with E-state index in [1.165, 1.54) is 6.33 Å². The number of hydrogen-bond donors (Lipinski definition) is 2. The van der Waals surface area contributed by atoms with Gasteiger partial charge in [0.1, 0.15) is 0 Å². The van der Waals surface area contributed by atoms with Gasteiger partial charge in [-0.1, -0.05) is 0 Å². The van der Waals surface area contributed by atoms with Crippen molar-refractivity contribution in [2.24, 2.45) is 0 Å². The Morgan fingerprint density at radius 1 is 1.26 bits per heavy atom. The highest BCUT2D eigenvalue weighted by Gasteiger charge is 2.15. The average molecular weight is 287 g/mol. The molecule has 2 aromatic rings. The van der Waals surface area contributed by atoms with Crippen LogP contribution in [0.15, 0.2) is 35.6 Å². The lowest BCUT2D eigenvalue weighted by Crippen LogP contribution is -2.26. The molecule has 5 nitrogen and oxygen atoms in total. The van der Waals surface area contributed by atoms with E-state index in [9.17, 15) is 17.2 Å². The Hall–Kier alpha value is -1.80. The second-order valence-electron chi connectivity index (χ2n) is 3.80. The lowest BCUT2D eigenvalue weighted by molar-refractivity contribution is 0.504. The van der Waals surface area contributed by atoms with Crippen LogP contribution in [0.5, 0.6) is 0 Å². The molecule has 2 rings (SSSR count). The van der Waals surface area contributed by atoms with Crippen LogP contribution in [0.3, 0.4) is 0 Å². The van der Waals surface area contributed by atoms with Gasteiger partial charge in [-0.3, -0.25) is 0 Å². The number of nitrogens with zero attached hydrogens (tertiary/aromatic N) is 1. The van der Waals surface area contributed by atoms with Crippen LogP contribution in [0.25, 0.3) is 0 Å². The van der Waals surface area contributed by atoms with E-state index >= 15 is 0 Å². The average Bonchev–Trinajstić information content (AvgIpc) is 2.85. The van der Waals surface area contributed by atoms with Crippen LogP contribution in [0.2, 0.25) is 0 Å².